The second-order valence-electron chi connectivity index (χ2n) is 8.60. The van der Waals surface area contributed by atoms with E-state index in [0.717, 1.165) is 5.20 Å². The summed E-state index contributed by atoms with van der Waals surface area (Å²) < 4.78 is 5.60. The van der Waals surface area contributed by atoms with Crippen LogP contribution in [0.2, 0.25) is 13.1 Å². The molecule has 0 aliphatic heterocycles. The number of aliphatic hydroxyl groups is 1. The van der Waals surface area contributed by atoms with Crippen LogP contribution in [0.5, 0.6) is 0 Å². The molecule has 0 aromatic heterocycles. The molecule has 26 heavy (non-hydrogen) atoms. The number of hydrogen-bond donors (Lipinski definition) is 1. The minimum absolute atomic E-state index is 0.108. The fourth-order valence-corrected chi connectivity index (χ4v) is 5.76. The SMILES string of the molecule is C=C([C@@H](C(C)C)N(CCO)C(=O)OC(C)(C)C)[Si](C)(C)c1ccccc1. The molecule has 1 amide bonds. The lowest BCUT2D eigenvalue weighted by Gasteiger charge is -2.41. The molecule has 1 N–H and O–H groups in total. The summed E-state index contributed by atoms with van der Waals surface area (Å²) in [5.74, 6) is 0.164. The highest BCUT2D eigenvalue weighted by Crippen LogP contribution is 2.27. The van der Waals surface area contributed by atoms with Gasteiger partial charge in [0.2, 0.25) is 0 Å². The van der Waals surface area contributed by atoms with Crippen LogP contribution in [-0.2, 0) is 4.74 Å². The van der Waals surface area contributed by atoms with Crippen LogP contribution >= 0.6 is 0 Å². The highest BCUT2D eigenvalue weighted by molar-refractivity contribution is 6.95. The van der Waals surface area contributed by atoms with Crippen molar-refractivity contribution in [2.75, 3.05) is 13.2 Å². The van der Waals surface area contributed by atoms with Crippen LogP contribution in [0.25, 0.3) is 0 Å². The topological polar surface area (TPSA) is 49.8 Å². The standard InChI is InChI=1S/C21H35NO3Si/c1-16(2)19(22(14-15-23)20(24)25-21(4,5)6)17(3)26(7,8)18-12-10-9-11-13-18/h9-13,16,19,23H,3,14-15H2,1-2,4-8H3/t19-/m1/s1. The van der Waals surface area contributed by atoms with Crippen LogP contribution in [-0.4, -0.2) is 49.0 Å². The minimum Gasteiger partial charge on any atom is -0.444 e. The lowest BCUT2D eigenvalue weighted by Crippen LogP contribution is -2.55. The first kappa shape index (κ1) is 22.4. The summed E-state index contributed by atoms with van der Waals surface area (Å²) in [5.41, 5.74) is -0.583. The molecule has 0 fully saturated rings. The molecule has 0 radical (unpaired) electrons. The number of ether oxygens (including phenoxy) is 1. The van der Waals surface area contributed by atoms with E-state index in [9.17, 15) is 9.90 Å². The first-order chi connectivity index (χ1) is 11.9. The summed E-state index contributed by atoms with van der Waals surface area (Å²) in [6.07, 6.45) is -0.399. The molecule has 1 rings (SSSR count). The Kier molecular flexibility index (Phi) is 7.65. The van der Waals surface area contributed by atoms with E-state index in [0.29, 0.717) is 0 Å². The van der Waals surface area contributed by atoms with Crippen molar-refractivity contribution in [3.63, 3.8) is 0 Å². The molecule has 0 heterocycles. The van der Waals surface area contributed by atoms with Gasteiger partial charge in [-0.3, -0.25) is 4.90 Å². The van der Waals surface area contributed by atoms with Crippen molar-refractivity contribution in [1.82, 2.24) is 4.90 Å². The van der Waals surface area contributed by atoms with Gasteiger partial charge in [-0.25, -0.2) is 4.79 Å². The van der Waals surface area contributed by atoms with Crippen LogP contribution in [0.3, 0.4) is 0 Å². The Bertz CT molecular complexity index is 605. The third-order valence-corrected chi connectivity index (χ3v) is 8.27. The Hall–Kier alpha value is -1.59. The lowest BCUT2D eigenvalue weighted by atomic mass is 10.0. The van der Waals surface area contributed by atoms with E-state index in [1.165, 1.54) is 5.19 Å². The van der Waals surface area contributed by atoms with Crippen molar-refractivity contribution in [2.24, 2.45) is 5.92 Å². The Morgan fingerprint density at radius 3 is 2.19 bits per heavy atom. The highest BCUT2D eigenvalue weighted by atomic mass is 28.3. The first-order valence-electron chi connectivity index (χ1n) is 9.27. The van der Waals surface area contributed by atoms with Crippen LogP contribution in [0.1, 0.15) is 34.6 Å². The number of hydrogen-bond acceptors (Lipinski definition) is 3. The predicted octanol–water partition coefficient (Wildman–Crippen LogP) is 3.95. The summed E-state index contributed by atoms with van der Waals surface area (Å²) in [6.45, 7) is 18.8. The number of amides is 1. The van der Waals surface area contributed by atoms with Crippen LogP contribution in [0.4, 0.5) is 4.79 Å². The van der Waals surface area contributed by atoms with E-state index in [-0.39, 0.29) is 25.1 Å². The van der Waals surface area contributed by atoms with E-state index in [4.69, 9.17) is 4.74 Å². The zero-order chi connectivity index (χ0) is 20.1. The Morgan fingerprint density at radius 1 is 1.23 bits per heavy atom. The zero-order valence-corrected chi connectivity index (χ0v) is 18.4. The van der Waals surface area contributed by atoms with Gasteiger partial charge in [0.1, 0.15) is 13.7 Å². The summed E-state index contributed by atoms with van der Waals surface area (Å²) in [4.78, 5) is 14.5. The Labute approximate surface area is 159 Å². The van der Waals surface area contributed by atoms with Gasteiger partial charge in [0.15, 0.2) is 0 Å². The lowest BCUT2D eigenvalue weighted by molar-refractivity contribution is 0.0120. The molecule has 0 bridgehead atoms. The van der Waals surface area contributed by atoms with E-state index >= 15 is 0 Å². The smallest absolute Gasteiger partial charge is 0.410 e. The summed E-state index contributed by atoms with van der Waals surface area (Å²) in [6, 6.07) is 10.2. The second kappa shape index (κ2) is 8.87. The number of rotatable bonds is 7. The maximum Gasteiger partial charge on any atom is 0.410 e. The highest BCUT2D eigenvalue weighted by Gasteiger charge is 2.39. The Morgan fingerprint density at radius 2 is 1.77 bits per heavy atom. The maximum atomic E-state index is 12.8. The number of benzene rings is 1. The molecule has 1 aromatic rings. The largest absolute Gasteiger partial charge is 0.444 e. The first-order valence-corrected chi connectivity index (χ1v) is 12.3. The molecular weight excluding hydrogens is 342 g/mol. The fraction of sp³-hybridized carbons (Fsp3) is 0.571. The van der Waals surface area contributed by atoms with E-state index in [2.05, 4.69) is 45.7 Å². The third-order valence-electron chi connectivity index (χ3n) is 4.59. The quantitative estimate of drug-likeness (QED) is 0.732. The van der Waals surface area contributed by atoms with Gasteiger partial charge in [-0.1, -0.05) is 67.7 Å². The average molecular weight is 378 g/mol. The van der Waals surface area contributed by atoms with Crippen molar-refractivity contribution < 1.29 is 14.6 Å². The molecule has 1 atom stereocenters. The van der Waals surface area contributed by atoms with Crippen LogP contribution in [0.15, 0.2) is 42.1 Å². The molecule has 0 unspecified atom stereocenters. The summed E-state index contributed by atoms with van der Waals surface area (Å²) >= 11 is 0. The number of nitrogens with zero attached hydrogens (tertiary/aromatic N) is 1. The van der Waals surface area contributed by atoms with Gasteiger partial charge >= 0.3 is 6.09 Å². The van der Waals surface area contributed by atoms with Crippen molar-refractivity contribution in [1.29, 1.82) is 0 Å². The monoisotopic (exact) mass is 377 g/mol. The van der Waals surface area contributed by atoms with Gasteiger partial charge in [-0.2, -0.15) is 0 Å². The van der Waals surface area contributed by atoms with Crippen molar-refractivity contribution >= 4 is 19.4 Å². The zero-order valence-electron chi connectivity index (χ0n) is 17.4. The molecule has 4 nitrogen and oxygen atoms in total. The molecule has 146 valence electrons. The Balaban J connectivity index is 3.25. The van der Waals surface area contributed by atoms with Crippen LogP contribution in [0, 0.1) is 5.92 Å². The van der Waals surface area contributed by atoms with Gasteiger partial charge in [-0.15, -0.1) is 6.58 Å². The second-order valence-corrected chi connectivity index (χ2v) is 13.1. The van der Waals surface area contributed by atoms with Gasteiger partial charge in [0.05, 0.1) is 12.6 Å². The molecule has 0 aliphatic carbocycles. The normalized spacial score (nSPS) is 13.4. The van der Waals surface area contributed by atoms with Crippen molar-refractivity contribution in [3.8, 4) is 0 Å². The maximum absolute atomic E-state index is 12.8. The molecular formula is C21H35NO3Si. The molecule has 0 aliphatic rings. The van der Waals surface area contributed by atoms with Crippen LogP contribution < -0.4 is 5.19 Å². The van der Waals surface area contributed by atoms with Gasteiger partial charge in [0.25, 0.3) is 0 Å². The number of carbonyl (C=O) groups is 1. The number of carbonyl (C=O) groups excluding carboxylic acids is 1. The summed E-state index contributed by atoms with van der Waals surface area (Å²) in [5, 5.41) is 11.9. The molecule has 0 spiro atoms. The van der Waals surface area contributed by atoms with Crippen molar-refractivity contribution in [2.45, 2.75) is 59.4 Å². The molecule has 5 heteroatoms. The van der Waals surface area contributed by atoms with Gasteiger partial charge < -0.3 is 9.84 Å². The van der Waals surface area contributed by atoms with E-state index in [1.54, 1.807) is 4.90 Å². The molecule has 1 aromatic carbocycles. The average Bonchev–Trinajstić information content (AvgIpc) is 2.53. The third kappa shape index (κ3) is 5.71. The predicted molar refractivity (Wildman–Crippen MR) is 111 cm³/mol. The number of aliphatic hydroxyl groups excluding tert-OH is 1. The van der Waals surface area contributed by atoms with E-state index in [1.807, 2.05) is 39.0 Å². The van der Waals surface area contributed by atoms with Gasteiger partial charge in [-0.05, 0) is 26.7 Å². The molecule has 0 saturated carbocycles. The molecule has 0 saturated heterocycles. The van der Waals surface area contributed by atoms with Crippen molar-refractivity contribution in [3.05, 3.63) is 42.1 Å². The van der Waals surface area contributed by atoms with Gasteiger partial charge in [0, 0.05) is 6.54 Å². The fourth-order valence-electron chi connectivity index (χ4n) is 3.13. The summed E-state index contributed by atoms with van der Waals surface area (Å²) in [7, 11) is -2.03. The minimum atomic E-state index is -2.03. The van der Waals surface area contributed by atoms with E-state index < -0.39 is 19.8 Å².